The van der Waals surface area contributed by atoms with Gasteiger partial charge in [0.05, 0.1) is 0 Å². The van der Waals surface area contributed by atoms with Gasteiger partial charge in [0, 0.05) is 28.7 Å². The molecule has 0 atom stereocenters. The van der Waals surface area contributed by atoms with Crippen LogP contribution in [0.5, 0.6) is 0 Å². The quantitative estimate of drug-likeness (QED) is 0.922. The lowest BCUT2D eigenvalue weighted by molar-refractivity contribution is -0.123. The van der Waals surface area contributed by atoms with Gasteiger partial charge in [-0.05, 0) is 54.0 Å². The predicted molar refractivity (Wildman–Crippen MR) is 66.2 cm³/mol. The molecule has 1 N–H and O–H groups in total. The van der Waals surface area contributed by atoms with Gasteiger partial charge in [0.1, 0.15) is 5.78 Å². The van der Waals surface area contributed by atoms with Crippen LogP contribution in [0.4, 0.5) is 0 Å². The van der Waals surface area contributed by atoms with Gasteiger partial charge in [0.25, 0.3) is 0 Å². The summed E-state index contributed by atoms with van der Waals surface area (Å²) in [5.74, 6) is 0.558. The average Bonchev–Trinajstić information content (AvgIpc) is 2.33. The Hall–Kier alpha value is -0.740. The smallest absolute Gasteiger partial charge is 0.142 e. The molecule has 0 bridgehead atoms. The Balaban J connectivity index is 1.93. The minimum absolute atomic E-state index is 0.228. The molecule has 0 spiro atoms. The lowest BCUT2D eigenvalue weighted by atomic mass is 9.91. The molecule has 1 aromatic heterocycles. The van der Waals surface area contributed by atoms with Crippen LogP contribution in [0.1, 0.15) is 18.5 Å². The van der Waals surface area contributed by atoms with E-state index in [-0.39, 0.29) is 5.92 Å². The Labute approximate surface area is 104 Å². The largest absolute Gasteiger partial charge is 0.317 e. The molecular weight excluding hydrogens is 268 g/mol. The molecule has 2 rings (SSSR count). The van der Waals surface area contributed by atoms with Crippen molar-refractivity contribution in [2.45, 2.75) is 19.3 Å². The standard InChI is InChI=1S/C12H15BrN2O/c13-10-1-2-11(15-8-10)7-12(16)9-3-5-14-6-4-9/h1-2,8-9,14H,3-7H2. The van der Waals surface area contributed by atoms with Gasteiger partial charge in [-0.1, -0.05) is 0 Å². The van der Waals surface area contributed by atoms with Gasteiger partial charge in [-0.15, -0.1) is 0 Å². The monoisotopic (exact) mass is 282 g/mol. The number of aromatic nitrogens is 1. The van der Waals surface area contributed by atoms with Crippen molar-refractivity contribution in [2.24, 2.45) is 5.92 Å². The predicted octanol–water partition coefficient (Wildman–Crippen LogP) is 1.96. The summed E-state index contributed by atoms with van der Waals surface area (Å²) in [6.45, 7) is 1.92. The fraction of sp³-hybridized carbons (Fsp3) is 0.500. The van der Waals surface area contributed by atoms with E-state index in [9.17, 15) is 4.79 Å². The van der Waals surface area contributed by atoms with Gasteiger partial charge in [-0.2, -0.15) is 0 Å². The topological polar surface area (TPSA) is 42.0 Å². The number of piperidine rings is 1. The second-order valence-corrected chi connectivity index (χ2v) is 5.05. The minimum atomic E-state index is 0.228. The lowest BCUT2D eigenvalue weighted by Crippen LogP contribution is -2.32. The first-order valence-electron chi connectivity index (χ1n) is 5.59. The highest BCUT2D eigenvalue weighted by Crippen LogP contribution is 2.15. The molecule has 86 valence electrons. The van der Waals surface area contributed by atoms with Gasteiger partial charge in [-0.25, -0.2) is 0 Å². The summed E-state index contributed by atoms with van der Waals surface area (Å²) in [7, 11) is 0. The van der Waals surface area contributed by atoms with Crippen molar-refractivity contribution >= 4 is 21.7 Å². The number of Topliss-reactive ketones (excluding diaryl/α,β-unsaturated/α-hetero) is 1. The molecule has 4 heteroatoms. The van der Waals surface area contributed by atoms with E-state index in [1.165, 1.54) is 0 Å². The van der Waals surface area contributed by atoms with Crippen molar-refractivity contribution in [1.82, 2.24) is 10.3 Å². The van der Waals surface area contributed by atoms with Crippen LogP contribution >= 0.6 is 15.9 Å². The molecule has 16 heavy (non-hydrogen) atoms. The minimum Gasteiger partial charge on any atom is -0.317 e. The normalized spacial score (nSPS) is 17.3. The van der Waals surface area contributed by atoms with E-state index in [0.717, 1.165) is 36.1 Å². The first-order chi connectivity index (χ1) is 7.75. The van der Waals surface area contributed by atoms with Crippen LogP contribution in [0, 0.1) is 5.92 Å². The van der Waals surface area contributed by atoms with Crippen LogP contribution in [0.15, 0.2) is 22.8 Å². The van der Waals surface area contributed by atoms with Crippen molar-refractivity contribution in [3.05, 3.63) is 28.5 Å². The number of rotatable bonds is 3. The number of nitrogens with zero attached hydrogens (tertiary/aromatic N) is 1. The molecule has 1 fully saturated rings. The molecule has 1 aliphatic rings. The number of ketones is 1. The summed E-state index contributed by atoms with van der Waals surface area (Å²) < 4.78 is 0.950. The zero-order valence-electron chi connectivity index (χ0n) is 9.08. The van der Waals surface area contributed by atoms with E-state index >= 15 is 0 Å². The molecular formula is C12H15BrN2O. The van der Waals surface area contributed by atoms with Crippen molar-refractivity contribution in [3.8, 4) is 0 Å². The molecule has 2 heterocycles. The number of pyridine rings is 1. The maximum absolute atomic E-state index is 12.0. The van der Waals surface area contributed by atoms with Gasteiger partial charge in [0.15, 0.2) is 0 Å². The molecule has 0 unspecified atom stereocenters. The molecule has 1 aromatic rings. The first kappa shape index (κ1) is 11.7. The zero-order valence-corrected chi connectivity index (χ0v) is 10.7. The highest BCUT2D eigenvalue weighted by Gasteiger charge is 2.20. The number of carbonyl (C=O) groups is 1. The van der Waals surface area contributed by atoms with E-state index in [4.69, 9.17) is 0 Å². The number of hydrogen-bond acceptors (Lipinski definition) is 3. The van der Waals surface area contributed by atoms with Crippen LogP contribution in [-0.4, -0.2) is 23.9 Å². The highest BCUT2D eigenvalue weighted by atomic mass is 79.9. The van der Waals surface area contributed by atoms with Crippen LogP contribution in [0.3, 0.4) is 0 Å². The fourth-order valence-electron chi connectivity index (χ4n) is 1.98. The number of hydrogen-bond donors (Lipinski definition) is 1. The third-order valence-electron chi connectivity index (χ3n) is 2.94. The SMILES string of the molecule is O=C(Cc1ccc(Br)cn1)C1CCNCC1. The van der Waals surface area contributed by atoms with Gasteiger partial charge < -0.3 is 5.32 Å². The molecule has 0 saturated carbocycles. The van der Waals surface area contributed by atoms with Gasteiger partial charge >= 0.3 is 0 Å². The van der Waals surface area contributed by atoms with Crippen LogP contribution in [0.25, 0.3) is 0 Å². The second-order valence-electron chi connectivity index (χ2n) is 4.14. The molecule has 0 amide bonds. The zero-order chi connectivity index (χ0) is 11.4. The molecule has 3 nitrogen and oxygen atoms in total. The summed E-state index contributed by atoms with van der Waals surface area (Å²) in [5.41, 5.74) is 0.867. The Morgan fingerprint density at radius 2 is 2.19 bits per heavy atom. The molecule has 1 saturated heterocycles. The van der Waals surface area contributed by atoms with E-state index in [1.54, 1.807) is 6.20 Å². The highest BCUT2D eigenvalue weighted by molar-refractivity contribution is 9.10. The summed E-state index contributed by atoms with van der Waals surface area (Å²) in [6, 6.07) is 3.83. The van der Waals surface area contributed by atoms with Crippen LogP contribution in [0.2, 0.25) is 0 Å². The Morgan fingerprint density at radius 3 is 2.81 bits per heavy atom. The molecule has 0 aliphatic carbocycles. The average molecular weight is 283 g/mol. The summed E-state index contributed by atoms with van der Waals surface area (Å²) in [5, 5.41) is 3.27. The van der Waals surface area contributed by atoms with E-state index in [1.807, 2.05) is 12.1 Å². The molecule has 1 aliphatic heterocycles. The maximum atomic E-state index is 12.0. The fourth-order valence-corrected chi connectivity index (χ4v) is 2.21. The summed E-state index contributed by atoms with van der Waals surface area (Å²) >= 11 is 3.33. The third kappa shape index (κ3) is 3.12. The number of carbonyl (C=O) groups excluding carboxylic acids is 1. The van der Waals surface area contributed by atoms with Crippen molar-refractivity contribution < 1.29 is 4.79 Å². The van der Waals surface area contributed by atoms with Gasteiger partial charge in [0.2, 0.25) is 0 Å². The van der Waals surface area contributed by atoms with E-state index in [0.29, 0.717) is 12.2 Å². The van der Waals surface area contributed by atoms with Crippen molar-refractivity contribution in [2.75, 3.05) is 13.1 Å². The van der Waals surface area contributed by atoms with E-state index in [2.05, 4.69) is 26.2 Å². The van der Waals surface area contributed by atoms with E-state index < -0.39 is 0 Å². The second kappa shape index (κ2) is 5.55. The summed E-state index contributed by atoms with van der Waals surface area (Å²) in [4.78, 5) is 16.2. The first-order valence-corrected chi connectivity index (χ1v) is 6.39. The number of nitrogens with one attached hydrogen (secondary N) is 1. The molecule has 0 aromatic carbocycles. The lowest BCUT2D eigenvalue weighted by Gasteiger charge is -2.21. The third-order valence-corrected chi connectivity index (χ3v) is 3.41. The number of halogens is 1. The Bertz CT molecular complexity index is 358. The maximum Gasteiger partial charge on any atom is 0.142 e. The summed E-state index contributed by atoms with van der Waals surface area (Å²) in [6.07, 6.45) is 4.15. The van der Waals surface area contributed by atoms with Gasteiger partial charge in [-0.3, -0.25) is 9.78 Å². The Kier molecular flexibility index (Phi) is 4.07. The van der Waals surface area contributed by atoms with Crippen molar-refractivity contribution in [1.29, 1.82) is 0 Å². The van der Waals surface area contributed by atoms with Crippen molar-refractivity contribution in [3.63, 3.8) is 0 Å². The molecule has 0 radical (unpaired) electrons. The van der Waals surface area contributed by atoms with Crippen LogP contribution < -0.4 is 5.32 Å². The van der Waals surface area contributed by atoms with Crippen LogP contribution in [-0.2, 0) is 11.2 Å². The Morgan fingerprint density at radius 1 is 1.44 bits per heavy atom.